The van der Waals surface area contributed by atoms with Gasteiger partial charge in [0, 0.05) is 19.3 Å². The largest absolute Gasteiger partial charge is 0.472 e. The number of carbonyl (C=O) groups is 3. The molecule has 5 atom stereocenters. The highest BCUT2D eigenvalue weighted by molar-refractivity contribution is 7.47. The molecular formula is C103H172O16P2. The lowest BCUT2D eigenvalue weighted by Crippen LogP contribution is -2.30. The Labute approximate surface area is 737 Å². The maximum absolute atomic E-state index is 13.1. The molecule has 0 spiro atoms. The number of hydrogen-bond donors (Lipinski definition) is 4. The van der Waals surface area contributed by atoms with Gasteiger partial charge in [0.1, 0.15) is 25.4 Å². The van der Waals surface area contributed by atoms with E-state index in [4.69, 9.17) is 32.3 Å². The summed E-state index contributed by atoms with van der Waals surface area (Å²) in [5, 5.41) is 20.8. The molecule has 121 heavy (non-hydrogen) atoms. The van der Waals surface area contributed by atoms with E-state index in [0.29, 0.717) is 19.3 Å². The molecule has 0 aromatic rings. The van der Waals surface area contributed by atoms with Crippen LogP contribution in [0.1, 0.15) is 380 Å². The molecule has 0 saturated heterocycles. The molecule has 0 aliphatic carbocycles. The van der Waals surface area contributed by atoms with Crippen LogP contribution in [0.4, 0.5) is 0 Å². The summed E-state index contributed by atoms with van der Waals surface area (Å²) in [5.41, 5.74) is 0. The van der Waals surface area contributed by atoms with Gasteiger partial charge in [-0.15, -0.1) is 0 Å². The van der Waals surface area contributed by atoms with Crippen molar-refractivity contribution in [1.29, 1.82) is 0 Å². The molecule has 0 aromatic heterocycles. The van der Waals surface area contributed by atoms with E-state index in [9.17, 15) is 43.5 Å². The number of aliphatic hydroxyl groups is 2. The monoisotopic (exact) mass is 1730 g/mol. The maximum atomic E-state index is 13.1. The van der Waals surface area contributed by atoms with Crippen LogP contribution in [0.2, 0.25) is 0 Å². The predicted molar refractivity (Wildman–Crippen MR) is 509 cm³/mol. The minimum Gasteiger partial charge on any atom is -0.463 e. The lowest BCUT2D eigenvalue weighted by atomic mass is 10.0. The fourth-order valence-corrected chi connectivity index (χ4v) is 14.3. The van der Waals surface area contributed by atoms with Crippen molar-refractivity contribution < 1.29 is 75.8 Å². The third kappa shape index (κ3) is 94.9. The summed E-state index contributed by atoms with van der Waals surface area (Å²) < 4.78 is 61.6. The van der Waals surface area contributed by atoms with E-state index in [1.54, 1.807) is 0 Å². The number of rotatable bonds is 89. The average Bonchev–Trinajstić information content (AvgIpc) is 0.887. The van der Waals surface area contributed by atoms with Gasteiger partial charge in [-0.25, -0.2) is 9.13 Å². The number of ether oxygens (including phenoxy) is 3. The Morgan fingerprint density at radius 1 is 0.231 bits per heavy atom. The Hall–Kier alpha value is -5.61. The van der Waals surface area contributed by atoms with Gasteiger partial charge in [0.2, 0.25) is 0 Å². The molecule has 0 heterocycles. The number of hydrogen-bond acceptors (Lipinski definition) is 14. The normalized spacial score (nSPS) is 14.6. The van der Waals surface area contributed by atoms with Gasteiger partial charge in [0.25, 0.3) is 0 Å². The average molecular weight is 1730 g/mol. The Kier molecular flexibility index (Phi) is 89.2. The van der Waals surface area contributed by atoms with Crippen LogP contribution in [0.5, 0.6) is 0 Å². The molecule has 18 heteroatoms. The van der Waals surface area contributed by atoms with Gasteiger partial charge in [-0.1, -0.05) is 395 Å². The molecule has 0 aliphatic heterocycles. The van der Waals surface area contributed by atoms with E-state index < -0.39 is 91.5 Å². The van der Waals surface area contributed by atoms with Crippen LogP contribution in [0.15, 0.2) is 194 Å². The highest BCUT2D eigenvalue weighted by Crippen LogP contribution is 2.45. The molecule has 0 saturated carbocycles. The van der Waals surface area contributed by atoms with E-state index in [-0.39, 0.29) is 19.3 Å². The van der Waals surface area contributed by atoms with Crippen molar-refractivity contribution in [3.05, 3.63) is 194 Å². The zero-order valence-corrected chi connectivity index (χ0v) is 77.9. The van der Waals surface area contributed by atoms with E-state index in [0.717, 1.165) is 205 Å². The number of carbonyl (C=O) groups excluding carboxylic acids is 3. The summed E-state index contributed by atoms with van der Waals surface area (Å²) in [7, 11) is -9.82. The van der Waals surface area contributed by atoms with Crippen LogP contribution in [-0.4, -0.2) is 95.9 Å². The van der Waals surface area contributed by atoms with Crippen LogP contribution in [0.3, 0.4) is 0 Å². The van der Waals surface area contributed by atoms with Gasteiger partial charge in [-0.2, -0.15) is 0 Å². The molecule has 4 N–H and O–H groups in total. The Morgan fingerprint density at radius 3 is 0.653 bits per heavy atom. The summed E-state index contributed by atoms with van der Waals surface area (Å²) in [6.45, 7) is 2.37. The van der Waals surface area contributed by atoms with Crippen molar-refractivity contribution in [3.8, 4) is 0 Å². The van der Waals surface area contributed by atoms with Crippen LogP contribution in [0.25, 0.3) is 0 Å². The highest BCUT2D eigenvalue weighted by atomic mass is 31.2. The first-order valence-electron chi connectivity index (χ1n) is 47.7. The first kappa shape index (κ1) is 115. The number of phosphoric acid groups is 2. The fourth-order valence-electron chi connectivity index (χ4n) is 12.7. The van der Waals surface area contributed by atoms with E-state index in [2.05, 4.69) is 215 Å². The van der Waals surface area contributed by atoms with Crippen molar-refractivity contribution in [3.63, 3.8) is 0 Å². The predicted octanol–water partition coefficient (Wildman–Crippen LogP) is 29.8. The van der Waals surface area contributed by atoms with Crippen molar-refractivity contribution in [2.75, 3.05) is 39.6 Å². The molecule has 16 nitrogen and oxygen atoms in total. The summed E-state index contributed by atoms with van der Waals surface area (Å²) >= 11 is 0. The number of esters is 3. The Morgan fingerprint density at radius 2 is 0.413 bits per heavy atom. The molecule has 690 valence electrons. The number of unbranched alkanes of at least 4 members (excludes halogenated alkanes) is 34. The molecule has 0 aliphatic rings. The van der Waals surface area contributed by atoms with Gasteiger partial charge < -0.3 is 34.2 Å². The number of allylic oxidation sites excluding steroid dienone is 32. The zero-order valence-electron chi connectivity index (χ0n) is 76.1. The summed E-state index contributed by atoms with van der Waals surface area (Å²) in [6, 6.07) is 0. The molecule has 0 rings (SSSR count). The van der Waals surface area contributed by atoms with Gasteiger partial charge in [0.15, 0.2) is 6.10 Å². The van der Waals surface area contributed by atoms with E-state index >= 15 is 0 Å². The molecule has 0 amide bonds. The Bertz CT molecular complexity index is 2980. The van der Waals surface area contributed by atoms with Crippen LogP contribution < -0.4 is 0 Å². The minimum absolute atomic E-state index is 0.0862. The molecule has 0 radical (unpaired) electrons. The molecule has 0 aromatic carbocycles. The first-order valence-corrected chi connectivity index (χ1v) is 50.7. The van der Waals surface area contributed by atoms with E-state index in [1.807, 2.05) is 0 Å². The topological polar surface area (TPSA) is 231 Å². The molecule has 0 bridgehead atoms. The standard InChI is InChI=1S/C103H172O16P2/c1-4-7-10-13-16-19-22-25-28-31-34-37-40-42-44-46-47-48-49-51-53-54-57-59-62-65-68-71-74-77-80-83-86-89-101(106)113-92-98(104)93-115-120(109,110)116-94-99(105)95-117-121(111,112)118-97-100(119-103(108)91-88-85-82-79-76-73-70-67-64-61-56-39-36-33-30-27-24-21-18-15-12-9-6-3)96-114-102(107)90-87-84-81-78-75-72-69-66-63-60-58-55-52-50-45-43-41-38-35-32-29-26-23-20-17-14-11-8-5-2/h7-12,16-21,25-30,34-39,42-45,47-48,61,64,98-100,104-105H,4-6,13-15,22-24,31-33,40-41,46,49-60,62-63,65-97H2,1-3H3,(H,109,110)(H,111,112)/b10-7-,11-8-,12-9-,19-16-,20-17-,21-18-,28-25-,29-26-,30-27-,37-34-,38-35-,39-36-,44-42-,45-43-,48-47-,64-61-. The lowest BCUT2D eigenvalue weighted by molar-refractivity contribution is -0.161. The molecule has 5 unspecified atom stereocenters. The molecular weight excluding hydrogens is 1560 g/mol. The minimum atomic E-state index is -4.95. The second-order valence-corrected chi connectivity index (χ2v) is 34.3. The van der Waals surface area contributed by atoms with Crippen molar-refractivity contribution in [1.82, 2.24) is 0 Å². The van der Waals surface area contributed by atoms with Crippen molar-refractivity contribution in [2.45, 2.75) is 399 Å². The fraction of sp³-hybridized carbons (Fsp3) is 0.660. The van der Waals surface area contributed by atoms with Crippen LogP contribution >= 0.6 is 15.6 Å². The van der Waals surface area contributed by atoms with Gasteiger partial charge >= 0.3 is 33.6 Å². The zero-order chi connectivity index (χ0) is 87.9. The lowest BCUT2D eigenvalue weighted by Gasteiger charge is -2.21. The summed E-state index contributed by atoms with van der Waals surface area (Å²) in [5.74, 6) is -1.58. The van der Waals surface area contributed by atoms with Crippen molar-refractivity contribution >= 4 is 33.6 Å². The first-order chi connectivity index (χ1) is 59.2. The second-order valence-electron chi connectivity index (χ2n) is 31.4. The van der Waals surface area contributed by atoms with Crippen LogP contribution in [-0.2, 0) is 55.8 Å². The smallest absolute Gasteiger partial charge is 0.463 e. The van der Waals surface area contributed by atoms with Gasteiger partial charge in [-0.05, 0) is 161 Å². The summed E-state index contributed by atoms with van der Waals surface area (Å²) in [4.78, 5) is 59.1. The maximum Gasteiger partial charge on any atom is 0.472 e. The quantitative estimate of drug-likeness (QED) is 0.0146. The Balaban J connectivity index is 4.60. The molecule has 0 fully saturated rings. The van der Waals surface area contributed by atoms with E-state index in [1.165, 1.54) is 116 Å². The SMILES string of the molecule is CC/C=C\C/C=C\C/C=C\C/C=C\C/C=C\C/C=C\CCCCCCCCCCCCCCCCC(=O)OCC(O)COP(=O)(O)OCC(O)COP(=O)(O)OCC(COC(=O)CCCCCCCCCCCCCCC/C=C\C/C=C\C/C=C\C/C=C\C/C=C\CC)OC(=O)CCCCCCCCC/C=C\C/C=C\C/C=C\C/C=C\C/C=C\CC. The second kappa shape index (κ2) is 93.5. The highest BCUT2D eigenvalue weighted by Gasteiger charge is 2.30. The van der Waals surface area contributed by atoms with Crippen molar-refractivity contribution in [2.24, 2.45) is 0 Å². The van der Waals surface area contributed by atoms with Gasteiger partial charge in [0.05, 0.1) is 26.4 Å². The third-order valence-corrected chi connectivity index (χ3v) is 21.7. The third-order valence-electron chi connectivity index (χ3n) is 19.8. The number of aliphatic hydroxyl groups excluding tert-OH is 2. The van der Waals surface area contributed by atoms with Crippen LogP contribution in [0, 0.1) is 0 Å². The summed E-state index contributed by atoms with van der Waals surface area (Å²) in [6.07, 6.45) is 125. The number of phosphoric ester groups is 2. The van der Waals surface area contributed by atoms with Gasteiger partial charge in [-0.3, -0.25) is 32.5 Å².